The summed E-state index contributed by atoms with van der Waals surface area (Å²) in [6.45, 7) is 0.672. The molecule has 23 heavy (non-hydrogen) atoms. The molecule has 3 rings (SSSR count). The first kappa shape index (κ1) is 15.6. The Bertz CT molecular complexity index is 728. The minimum Gasteiger partial charge on any atom is -0.322 e. The van der Waals surface area contributed by atoms with Crippen LogP contribution in [0.5, 0.6) is 0 Å². The monoisotopic (exact) mass is 326 g/mol. The van der Waals surface area contributed by atoms with Crippen LogP contribution in [0.3, 0.4) is 0 Å². The molecule has 1 saturated heterocycles. The van der Waals surface area contributed by atoms with Gasteiger partial charge in [-0.2, -0.15) is 0 Å². The van der Waals surface area contributed by atoms with Crippen LogP contribution in [0.4, 0.5) is 11.4 Å². The number of hydrogen-bond donors (Lipinski definition) is 1. The standard InChI is InChI=1S/C18H18N2O2S/c1-23-14-10-8-13(9-11-14)19-18(22)15-5-2-3-6-16(15)20-12-4-7-17(20)21/h2-3,5-6,8-11H,4,7,12H2,1H3,(H,19,22). The van der Waals surface area contributed by atoms with E-state index in [0.717, 1.165) is 17.0 Å². The van der Waals surface area contributed by atoms with E-state index in [1.807, 2.05) is 48.7 Å². The van der Waals surface area contributed by atoms with E-state index in [2.05, 4.69) is 5.32 Å². The normalized spacial score (nSPS) is 14.1. The molecule has 1 heterocycles. The molecule has 2 aromatic rings. The number of para-hydroxylation sites is 1. The second-order valence-corrected chi connectivity index (χ2v) is 6.23. The Labute approximate surface area is 139 Å². The molecular weight excluding hydrogens is 308 g/mol. The maximum Gasteiger partial charge on any atom is 0.257 e. The largest absolute Gasteiger partial charge is 0.322 e. The molecule has 118 valence electrons. The highest BCUT2D eigenvalue weighted by Crippen LogP contribution is 2.26. The number of amides is 2. The van der Waals surface area contributed by atoms with Crippen molar-refractivity contribution in [1.82, 2.24) is 0 Å². The molecule has 0 bridgehead atoms. The van der Waals surface area contributed by atoms with Crippen LogP contribution in [-0.2, 0) is 4.79 Å². The van der Waals surface area contributed by atoms with E-state index in [-0.39, 0.29) is 11.8 Å². The molecule has 2 amide bonds. The van der Waals surface area contributed by atoms with Crippen LogP contribution < -0.4 is 10.2 Å². The molecule has 0 atom stereocenters. The van der Waals surface area contributed by atoms with E-state index in [0.29, 0.717) is 24.2 Å². The minimum absolute atomic E-state index is 0.0783. The van der Waals surface area contributed by atoms with Gasteiger partial charge < -0.3 is 10.2 Å². The second-order valence-electron chi connectivity index (χ2n) is 5.35. The predicted octanol–water partition coefficient (Wildman–Crippen LogP) is 3.79. The third-order valence-electron chi connectivity index (χ3n) is 3.86. The van der Waals surface area contributed by atoms with Gasteiger partial charge in [0.15, 0.2) is 0 Å². The molecule has 1 fully saturated rings. The fraction of sp³-hybridized carbons (Fsp3) is 0.222. The Hall–Kier alpha value is -2.27. The molecule has 0 aromatic heterocycles. The van der Waals surface area contributed by atoms with Gasteiger partial charge in [-0.05, 0) is 49.1 Å². The van der Waals surface area contributed by atoms with Gasteiger partial charge in [0.2, 0.25) is 5.91 Å². The Morgan fingerprint density at radius 3 is 2.52 bits per heavy atom. The Kier molecular flexibility index (Phi) is 4.67. The van der Waals surface area contributed by atoms with Crippen LogP contribution in [-0.4, -0.2) is 24.6 Å². The van der Waals surface area contributed by atoms with Crippen LogP contribution in [0.15, 0.2) is 53.4 Å². The van der Waals surface area contributed by atoms with Gasteiger partial charge in [0.25, 0.3) is 5.91 Å². The summed E-state index contributed by atoms with van der Waals surface area (Å²) in [5, 5.41) is 2.90. The van der Waals surface area contributed by atoms with Gasteiger partial charge in [0.05, 0.1) is 11.3 Å². The summed E-state index contributed by atoms with van der Waals surface area (Å²) in [6.07, 6.45) is 3.40. The van der Waals surface area contributed by atoms with Crippen molar-refractivity contribution in [3.05, 3.63) is 54.1 Å². The van der Waals surface area contributed by atoms with Gasteiger partial charge in [-0.15, -0.1) is 11.8 Å². The summed E-state index contributed by atoms with van der Waals surface area (Å²) in [7, 11) is 0. The zero-order chi connectivity index (χ0) is 16.2. The summed E-state index contributed by atoms with van der Waals surface area (Å²) >= 11 is 1.66. The van der Waals surface area contributed by atoms with Gasteiger partial charge in [-0.3, -0.25) is 9.59 Å². The number of carbonyl (C=O) groups is 2. The Morgan fingerprint density at radius 2 is 1.87 bits per heavy atom. The van der Waals surface area contributed by atoms with E-state index >= 15 is 0 Å². The molecule has 2 aromatic carbocycles. The SMILES string of the molecule is CSc1ccc(NC(=O)c2ccccc2N2CCCC2=O)cc1. The minimum atomic E-state index is -0.197. The maximum atomic E-state index is 12.6. The fourth-order valence-corrected chi connectivity index (χ4v) is 3.08. The lowest BCUT2D eigenvalue weighted by atomic mass is 10.1. The topological polar surface area (TPSA) is 49.4 Å². The van der Waals surface area contributed by atoms with Crippen molar-refractivity contribution >= 4 is 35.0 Å². The quantitative estimate of drug-likeness (QED) is 0.870. The first-order valence-electron chi connectivity index (χ1n) is 7.54. The van der Waals surface area contributed by atoms with Crippen LogP contribution >= 0.6 is 11.8 Å². The number of anilines is 2. The predicted molar refractivity (Wildman–Crippen MR) is 94.2 cm³/mol. The lowest BCUT2D eigenvalue weighted by Gasteiger charge is -2.19. The molecule has 1 N–H and O–H groups in total. The average molecular weight is 326 g/mol. The molecule has 5 heteroatoms. The van der Waals surface area contributed by atoms with Crippen molar-refractivity contribution in [2.24, 2.45) is 0 Å². The van der Waals surface area contributed by atoms with Crippen molar-refractivity contribution in [3.8, 4) is 0 Å². The Morgan fingerprint density at radius 1 is 1.13 bits per heavy atom. The van der Waals surface area contributed by atoms with Crippen molar-refractivity contribution in [1.29, 1.82) is 0 Å². The summed E-state index contributed by atoms with van der Waals surface area (Å²) in [4.78, 5) is 27.4. The molecule has 0 spiro atoms. The van der Waals surface area contributed by atoms with Crippen LogP contribution in [0.1, 0.15) is 23.2 Å². The fourth-order valence-electron chi connectivity index (χ4n) is 2.68. The van der Waals surface area contributed by atoms with Crippen LogP contribution in [0, 0.1) is 0 Å². The lowest BCUT2D eigenvalue weighted by molar-refractivity contribution is -0.117. The molecular formula is C18H18N2O2S. The highest BCUT2D eigenvalue weighted by atomic mass is 32.2. The lowest BCUT2D eigenvalue weighted by Crippen LogP contribution is -2.27. The zero-order valence-electron chi connectivity index (χ0n) is 12.9. The van der Waals surface area contributed by atoms with E-state index in [1.54, 1.807) is 22.7 Å². The molecule has 0 aliphatic carbocycles. The van der Waals surface area contributed by atoms with Crippen molar-refractivity contribution in [2.75, 3.05) is 23.0 Å². The molecule has 0 saturated carbocycles. The highest BCUT2D eigenvalue weighted by Gasteiger charge is 2.25. The first-order chi connectivity index (χ1) is 11.2. The van der Waals surface area contributed by atoms with Crippen molar-refractivity contribution in [3.63, 3.8) is 0 Å². The Balaban J connectivity index is 1.83. The number of thioether (sulfide) groups is 1. The third-order valence-corrected chi connectivity index (χ3v) is 4.60. The third kappa shape index (κ3) is 3.40. The van der Waals surface area contributed by atoms with Crippen LogP contribution in [0.2, 0.25) is 0 Å². The van der Waals surface area contributed by atoms with E-state index in [4.69, 9.17) is 0 Å². The zero-order valence-corrected chi connectivity index (χ0v) is 13.7. The van der Waals surface area contributed by atoms with Gasteiger partial charge >= 0.3 is 0 Å². The smallest absolute Gasteiger partial charge is 0.257 e. The second kappa shape index (κ2) is 6.87. The van der Waals surface area contributed by atoms with E-state index in [1.165, 1.54) is 0 Å². The molecule has 4 nitrogen and oxygen atoms in total. The number of carbonyl (C=O) groups excluding carboxylic acids is 2. The number of rotatable bonds is 4. The number of nitrogens with one attached hydrogen (secondary N) is 1. The number of nitrogens with zero attached hydrogens (tertiary/aromatic N) is 1. The van der Waals surface area contributed by atoms with Gasteiger partial charge in [0, 0.05) is 23.5 Å². The molecule has 1 aliphatic rings. The van der Waals surface area contributed by atoms with E-state index < -0.39 is 0 Å². The summed E-state index contributed by atoms with van der Waals surface area (Å²) in [5.41, 5.74) is 1.96. The number of hydrogen-bond acceptors (Lipinski definition) is 3. The van der Waals surface area contributed by atoms with Gasteiger partial charge in [0.1, 0.15) is 0 Å². The van der Waals surface area contributed by atoms with Gasteiger partial charge in [-0.1, -0.05) is 12.1 Å². The molecule has 0 radical (unpaired) electrons. The summed E-state index contributed by atoms with van der Waals surface area (Å²) in [5.74, 6) is -0.119. The van der Waals surface area contributed by atoms with E-state index in [9.17, 15) is 9.59 Å². The van der Waals surface area contributed by atoms with Crippen molar-refractivity contribution in [2.45, 2.75) is 17.7 Å². The summed E-state index contributed by atoms with van der Waals surface area (Å²) < 4.78 is 0. The maximum absolute atomic E-state index is 12.6. The van der Waals surface area contributed by atoms with Crippen molar-refractivity contribution < 1.29 is 9.59 Å². The summed E-state index contributed by atoms with van der Waals surface area (Å²) in [6, 6.07) is 15.0. The first-order valence-corrected chi connectivity index (χ1v) is 8.76. The van der Waals surface area contributed by atoms with Gasteiger partial charge in [-0.25, -0.2) is 0 Å². The highest BCUT2D eigenvalue weighted by molar-refractivity contribution is 7.98. The number of benzene rings is 2. The average Bonchev–Trinajstić information content (AvgIpc) is 3.01. The van der Waals surface area contributed by atoms with Crippen LogP contribution in [0.25, 0.3) is 0 Å². The molecule has 1 aliphatic heterocycles. The molecule has 0 unspecified atom stereocenters.